The summed E-state index contributed by atoms with van der Waals surface area (Å²) in [6.45, 7) is 0. The Kier molecular flexibility index (Phi) is 3.78. The number of hydrogen-bond acceptors (Lipinski definition) is 6. The number of amides is 2. The van der Waals surface area contributed by atoms with E-state index < -0.39 is 15.9 Å². The predicted octanol–water partition coefficient (Wildman–Crippen LogP) is 1.42. The summed E-state index contributed by atoms with van der Waals surface area (Å²) < 4.78 is 23.8. The van der Waals surface area contributed by atoms with Crippen LogP contribution in [0, 0.1) is 0 Å². The highest BCUT2D eigenvalue weighted by Gasteiger charge is 2.45. The van der Waals surface area contributed by atoms with E-state index in [0.29, 0.717) is 21.9 Å². The molecule has 0 N–H and O–H groups in total. The molecule has 4 rings (SSSR count). The third kappa shape index (κ3) is 2.52. The zero-order chi connectivity index (χ0) is 17.9. The van der Waals surface area contributed by atoms with Crippen LogP contribution in [0.4, 0.5) is 5.69 Å². The molecule has 130 valence electrons. The lowest BCUT2D eigenvalue weighted by Gasteiger charge is -2.21. The Hall–Kier alpha value is -1.71. The summed E-state index contributed by atoms with van der Waals surface area (Å²) >= 11 is 6.40. The Morgan fingerprint density at radius 1 is 1.20 bits per heavy atom. The first-order valence-corrected chi connectivity index (χ1v) is 10.7. The lowest BCUT2D eigenvalue weighted by atomic mass is 10.1. The van der Waals surface area contributed by atoms with Crippen LogP contribution in [0.25, 0.3) is 5.57 Å². The van der Waals surface area contributed by atoms with Crippen LogP contribution < -0.4 is 4.90 Å². The highest BCUT2D eigenvalue weighted by atomic mass is 32.2. The monoisotopic (exact) mass is 394 g/mol. The number of thioether (sulfide) groups is 1. The largest absolute Gasteiger partial charge is 0.311 e. The van der Waals surface area contributed by atoms with E-state index in [1.54, 1.807) is 13.1 Å². The Balaban J connectivity index is 1.78. The lowest BCUT2D eigenvalue weighted by Crippen LogP contribution is -2.39. The minimum absolute atomic E-state index is 0.0606. The van der Waals surface area contributed by atoms with E-state index in [-0.39, 0.29) is 28.2 Å². The zero-order valence-electron chi connectivity index (χ0n) is 13.3. The molecule has 6 nitrogen and oxygen atoms in total. The first-order chi connectivity index (χ1) is 11.8. The van der Waals surface area contributed by atoms with Gasteiger partial charge in [-0.15, -0.1) is 0 Å². The van der Waals surface area contributed by atoms with Gasteiger partial charge in [0.1, 0.15) is 4.32 Å². The van der Waals surface area contributed by atoms with Gasteiger partial charge in [-0.1, -0.05) is 42.2 Å². The standard InChI is InChI=1S/C16H14N2O4S3/c1-17-11-5-3-2-4-10(11)12(14(17)19)13-15(20)18(16(23)24-13)9-6-7-25(21,22)8-9/h2-5,9H,6-8H2,1H3/b13-12-. The van der Waals surface area contributed by atoms with Crippen LogP contribution in [-0.4, -0.2) is 54.0 Å². The van der Waals surface area contributed by atoms with E-state index in [2.05, 4.69) is 0 Å². The van der Waals surface area contributed by atoms with Gasteiger partial charge in [-0.3, -0.25) is 14.5 Å². The second-order valence-corrected chi connectivity index (χ2v) is 10.1. The maximum absolute atomic E-state index is 13.0. The van der Waals surface area contributed by atoms with Gasteiger partial charge >= 0.3 is 0 Å². The van der Waals surface area contributed by atoms with Crippen molar-refractivity contribution in [3.63, 3.8) is 0 Å². The van der Waals surface area contributed by atoms with Crippen molar-refractivity contribution in [3.8, 4) is 0 Å². The zero-order valence-corrected chi connectivity index (χ0v) is 15.7. The van der Waals surface area contributed by atoms with Crippen molar-refractivity contribution in [3.05, 3.63) is 34.7 Å². The van der Waals surface area contributed by atoms with Crippen molar-refractivity contribution in [1.29, 1.82) is 0 Å². The SMILES string of the molecule is CN1C(=O)/C(=C2\SC(=S)N(C3CCS(=O)(=O)C3)C2=O)c2ccccc21. The van der Waals surface area contributed by atoms with Crippen molar-refractivity contribution in [1.82, 2.24) is 4.90 Å². The molecule has 1 aromatic carbocycles. The molecule has 0 aromatic heterocycles. The van der Waals surface area contributed by atoms with Gasteiger partial charge in [0.05, 0.1) is 33.7 Å². The Morgan fingerprint density at radius 2 is 1.92 bits per heavy atom. The van der Waals surface area contributed by atoms with E-state index in [9.17, 15) is 18.0 Å². The first-order valence-electron chi connectivity index (χ1n) is 7.67. The third-order valence-electron chi connectivity index (χ3n) is 4.65. The molecule has 0 radical (unpaired) electrons. The highest BCUT2D eigenvalue weighted by molar-refractivity contribution is 8.26. The summed E-state index contributed by atoms with van der Waals surface area (Å²) in [5, 5.41) is 0. The number of anilines is 1. The third-order valence-corrected chi connectivity index (χ3v) is 7.80. The summed E-state index contributed by atoms with van der Waals surface area (Å²) in [7, 11) is -1.47. The molecular weight excluding hydrogens is 380 g/mol. The molecule has 9 heteroatoms. The molecule has 25 heavy (non-hydrogen) atoms. The fourth-order valence-electron chi connectivity index (χ4n) is 3.41. The number of carbonyl (C=O) groups excluding carboxylic acids is 2. The molecule has 1 atom stereocenters. The number of sulfone groups is 1. The van der Waals surface area contributed by atoms with Crippen molar-refractivity contribution in [2.24, 2.45) is 0 Å². The minimum atomic E-state index is -3.14. The fourth-order valence-corrected chi connectivity index (χ4v) is 6.59. The lowest BCUT2D eigenvalue weighted by molar-refractivity contribution is -0.123. The van der Waals surface area contributed by atoms with Crippen molar-refractivity contribution < 1.29 is 18.0 Å². The van der Waals surface area contributed by atoms with Crippen LogP contribution in [0.2, 0.25) is 0 Å². The number of para-hydroxylation sites is 1. The summed E-state index contributed by atoms with van der Waals surface area (Å²) in [4.78, 5) is 28.8. The van der Waals surface area contributed by atoms with Crippen LogP contribution in [0.3, 0.4) is 0 Å². The molecular formula is C16H14N2O4S3. The van der Waals surface area contributed by atoms with Crippen molar-refractivity contribution in [2.45, 2.75) is 12.5 Å². The number of benzene rings is 1. The molecule has 3 aliphatic heterocycles. The highest BCUT2D eigenvalue weighted by Crippen LogP contribution is 2.45. The van der Waals surface area contributed by atoms with Crippen LogP contribution >= 0.6 is 24.0 Å². The second kappa shape index (κ2) is 5.65. The topological polar surface area (TPSA) is 74.8 Å². The molecule has 2 fully saturated rings. The first kappa shape index (κ1) is 16.7. The van der Waals surface area contributed by atoms with E-state index in [1.807, 2.05) is 18.2 Å². The van der Waals surface area contributed by atoms with E-state index in [1.165, 1.54) is 9.80 Å². The van der Waals surface area contributed by atoms with Crippen LogP contribution in [0.5, 0.6) is 0 Å². The van der Waals surface area contributed by atoms with Gasteiger partial charge in [-0.05, 0) is 12.5 Å². The van der Waals surface area contributed by atoms with Gasteiger partial charge in [0.2, 0.25) is 0 Å². The van der Waals surface area contributed by atoms with Gasteiger partial charge in [-0.25, -0.2) is 8.42 Å². The molecule has 0 aliphatic carbocycles. The number of carbonyl (C=O) groups is 2. The fraction of sp³-hybridized carbons (Fsp3) is 0.312. The molecule has 3 heterocycles. The predicted molar refractivity (Wildman–Crippen MR) is 101 cm³/mol. The van der Waals surface area contributed by atoms with Gasteiger partial charge in [0.15, 0.2) is 9.84 Å². The second-order valence-electron chi connectivity index (χ2n) is 6.19. The number of likely N-dealkylation sites (N-methyl/N-ethyl adjacent to an activating group) is 1. The quantitative estimate of drug-likeness (QED) is 0.530. The average Bonchev–Trinajstić information content (AvgIpc) is 3.14. The summed E-state index contributed by atoms with van der Waals surface area (Å²) in [5.74, 6) is -0.635. The Labute approximate surface area is 154 Å². The molecule has 2 saturated heterocycles. The molecule has 0 bridgehead atoms. The van der Waals surface area contributed by atoms with Crippen molar-refractivity contribution >= 4 is 61.2 Å². The van der Waals surface area contributed by atoms with Crippen LogP contribution in [-0.2, 0) is 19.4 Å². The molecule has 1 unspecified atom stereocenters. The number of fused-ring (bicyclic) bond motifs is 1. The normalized spacial score (nSPS) is 28.2. The number of nitrogens with zero attached hydrogens (tertiary/aromatic N) is 2. The van der Waals surface area contributed by atoms with Crippen LogP contribution in [0.15, 0.2) is 29.2 Å². The molecule has 1 aromatic rings. The van der Waals surface area contributed by atoms with Gasteiger partial charge in [0.25, 0.3) is 11.8 Å². The number of rotatable bonds is 1. The Bertz CT molecular complexity index is 967. The number of thiocarbonyl (C=S) groups is 1. The van der Waals surface area contributed by atoms with Gasteiger partial charge < -0.3 is 4.90 Å². The minimum Gasteiger partial charge on any atom is -0.311 e. The van der Waals surface area contributed by atoms with Gasteiger partial charge in [0, 0.05) is 12.6 Å². The molecule has 2 amide bonds. The van der Waals surface area contributed by atoms with E-state index in [4.69, 9.17) is 12.2 Å². The molecule has 0 spiro atoms. The average molecular weight is 394 g/mol. The maximum atomic E-state index is 13.0. The van der Waals surface area contributed by atoms with Gasteiger partial charge in [-0.2, -0.15) is 0 Å². The summed E-state index contributed by atoms with van der Waals surface area (Å²) in [6.07, 6.45) is 0.377. The van der Waals surface area contributed by atoms with E-state index in [0.717, 1.165) is 17.4 Å². The Morgan fingerprint density at radius 3 is 2.60 bits per heavy atom. The van der Waals surface area contributed by atoms with E-state index >= 15 is 0 Å². The number of hydrogen-bond donors (Lipinski definition) is 0. The summed E-state index contributed by atoms with van der Waals surface area (Å²) in [6, 6.07) is 6.83. The van der Waals surface area contributed by atoms with Crippen LogP contribution in [0.1, 0.15) is 12.0 Å². The summed E-state index contributed by atoms with van der Waals surface area (Å²) in [5.41, 5.74) is 1.80. The smallest absolute Gasteiger partial charge is 0.267 e. The van der Waals surface area contributed by atoms with Crippen molar-refractivity contribution in [2.75, 3.05) is 23.5 Å². The molecule has 0 saturated carbocycles. The molecule has 3 aliphatic rings. The maximum Gasteiger partial charge on any atom is 0.267 e.